The summed E-state index contributed by atoms with van der Waals surface area (Å²) in [5.74, 6) is -2.71. The Morgan fingerprint density at radius 1 is 0.805 bits per heavy atom. The zero-order valence-corrected chi connectivity index (χ0v) is 23.1. The van der Waals surface area contributed by atoms with E-state index in [-0.39, 0.29) is 25.3 Å². The summed E-state index contributed by atoms with van der Waals surface area (Å²) in [5.41, 5.74) is 9.14. The number of nitrogens with two attached hydrogens (primary N) is 1. The average Bonchev–Trinajstić information content (AvgIpc) is 3.54. The van der Waals surface area contributed by atoms with E-state index in [1.807, 2.05) is 62.4 Å². The molecule has 2 heterocycles. The Balaban J connectivity index is 1.49. The van der Waals surface area contributed by atoms with E-state index in [0.29, 0.717) is 6.42 Å². The minimum atomic E-state index is -1.24. The summed E-state index contributed by atoms with van der Waals surface area (Å²) in [6, 6.07) is 11.9. The van der Waals surface area contributed by atoms with Crippen molar-refractivity contribution in [1.82, 2.24) is 25.9 Å². The van der Waals surface area contributed by atoms with Crippen LogP contribution >= 0.6 is 0 Å². The predicted octanol–water partition coefficient (Wildman–Crippen LogP) is 1.98. The van der Waals surface area contributed by atoms with Crippen LogP contribution in [-0.4, -0.2) is 63.4 Å². The molecule has 3 unspecified atom stereocenters. The van der Waals surface area contributed by atoms with Crippen LogP contribution in [0.1, 0.15) is 31.4 Å². The molecule has 0 aliphatic rings. The van der Waals surface area contributed by atoms with E-state index in [1.165, 1.54) is 0 Å². The molecule has 0 bridgehead atoms. The number of benzene rings is 2. The van der Waals surface area contributed by atoms with Gasteiger partial charge < -0.3 is 36.8 Å². The molecule has 3 atom stereocenters. The van der Waals surface area contributed by atoms with Crippen LogP contribution in [0.4, 0.5) is 0 Å². The van der Waals surface area contributed by atoms with E-state index in [4.69, 9.17) is 5.73 Å². The summed E-state index contributed by atoms with van der Waals surface area (Å²) in [4.78, 5) is 57.1. The first-order valence-electron chi connectivity index (χ1n) is 13.6. The molecule has 0 saturated carbocycles. The first-order valence-corrected chi connectivity index (χ1v) is 13.6. The number of carbonyl (C=O) groups is 4. The fourth-order valence-electron chi connectivity index (χ4n) is 4.88. The summed E-state index contributed by atoms with van der Waals surface area (Å²) >= 11 is 0. The van der Waals surface area contributed by atoms with Crippen LogP contribution in [0.2, 0.25) is 0 Å². The summed E-state index contributed by atoms with van der Waals surface area (Å²) in [7, 11) is 0. The lowest BCUT2D eigenvalue weighted by molar-refractivity contribution is -0.142. The average molecular weight is 561 g/mol. The van der Waals surface area contributed by atoms with Crippen LogP contribution in [0, 0.1) is 5.92 Å². The zero-order valence-electron chi connectivity index (χ0n) is 23.1. The molecule has 0 spiro atoms. The van der Waals surface area contributed by atoms with Gasteiger partial charge in [0.15, 0.2) is 0 Å². The number of aromatic nitrogens is 2. The number of H-pyrrole nitrogens is 2. The van der Waals surface area contributed by atoms with E-state index in [0.717, 1.165) is 32.9 Å². The maximum absolute atomic E-state index is 13.5. The lowest BCUT2D eigenvalue weighted by Crippen LogP contribution is -2.54. The maximum Gasteiger partial charge on any atom is 0.326 e. The third-order valence-electron chi connectivity index (χ3n) is 6.95. The van der Waals surface area contributed by atoms with Gasteiger partial charge in [-0.15, -0.1) is 0 Å². The highest BCUT2D eigenvalue weighted by atomic mass is 16.4. The Labute approximate surface area is 237 Å². The third-order valence-corrected chi connectivity index (χ3v) is 6.95. The summed E-state index contributed by atoms with van der Waals surface area (Å²) in [6.07, 6.45) is 4.09. The summed E-state index contributed by atoms with van der Waals surface area (Å²) in [5, 5.41) is 19.5. The van der Waals surface area contributed by atoms with Crippen LogP contribution in [0.5, 0.6) is 0 Å². The zero-order chi connectivity index (χ0) is 29.5. The number of fused-ring (bicyclic) bond motifs is 2. The minimum absolute atomic E-state index is 0.0443. The smallest absolute Gasteiger partial charge is 0.326 e. The molecule has 8 N–H and O–H groups in total. The second-order valence-electron chi connectivity index (χ2n) is 10.6. The number of carboxylic acid groups (broad SMARTS) is 1. The maximum atomic E-state index is 13.5. The van der Waals surface area contributed by atoms with Gasteiger partial charge in [0.2, 0.25) is 17.7 Å². The van der Waals surface area contributed by atoms with E-state index >= 15 is 0 Å². The van der Waals surface area contributed by atoms with Gasteiger partial charge >= 0.3 is 5.97 Å². The minimum Gasteiger partial charge on any atom is -0.480 e. The van der Waals surface area contributed by atoms with Crippen molar-refractivity contribution >= 4 is 45.5 Å². The van der Waals surface area contributed by atoms with Gasteiger partial charge in [0.05, 0.1) is 12.6 Å². The van der Waals surface area contributed by atoms with Crippen LogP contribution < -0.4 is 21.7 Å². The second-order valence-corrected chi connectivity index (χ2v) is 10.6. The third kappa shape index (κ3) is 7.52. The van der Waals surface area contributed by atoms with E-state index in [1.54, 1.807) is 12.4 Å². The monoisotopic (exact) mass is 560 g/mol. The van der Waals surface area contributed by atoms with Crippen molar-refractivity contribution in [1.29, 1.82) is 0 Å². The second kappa shape index (κ2) is 13.1. The first-order chi connectivity index (χ1) is 19.6. The van der Waals surface area contributed by atoms with Crippen LogP contribution in [0.15, 0.2) is 60.9 Å². The quantitative estimate of drug-likeness (QED) is 0.131. The molecule has 0 fully saturated rings. The number of para-hydroxylation sites is 2. The van der Waals surface area contributed by atoms with E-state index < -0.39 is 41.8 Å². The van der Waals surface area contributed by atoms with Gasteiger partial charge in [-0.3, -0.25) is 14.4 Å². The number of carbonyl (C=O) groups excluding carboxylic acids is 3. The van der Waals surface area contributed by atoms with E-state index in [2.05, 4.69) is 25.9 Å². The van der Waals surface area contributed by atoms with Crippen molar-refractivity contribution in [3.63, 3.8) is 0 Å². The Morgan fingerprint density at radius 2 is 1.34 bits per heavy atom. The lowest BCUT2D eigenvalue weighted by Gasteiger charge is -2.22. The normalized spacial score (nSPS) is 13.6. The Bertz CT molecular complexity index is 1540. The molecule has 0 saturated heterocycles. The molecular formula is C30H36N6O5. The van der Waals surface area contributed by atoms with E-state index in [9.17, 15) is 24.3 Å². The van der Waals surface area contributed by atoms with Gasteiger partial charge in [0.1, 0.15) is 12.1 Å². The summed E-state index contributed by atoms with van der Waals surface area (Å²) < 4.78 is 0. The van der Waals surface area contributed by atoms with Crippen LogP contribution in [-0.2, 0) is 32.0 Å². The largest absolute Gasteiger partial charge is 0.480 e. The number of nitrogens with one attached hydrogen (secondary N) is 5. The number of rotatable bonds is 13. The van der Waals surface area contributed by atoms with Crippen molar-refractivity contribution in [2.45, 2.75) is 51.2 Å². The fraction of sp³-hybridized carbons (Fsp3) is 0.333. The predicted molar refractivity (Wildman–Crippen MR) is 156 cm³/mol. The summed E-state index contributed by atoms with van der Waals surface area (Å²) in [6.45, 7) is 3.51. The molecule has 11 nitrogen and oxygen atoms in total. The fourth-order valence-corrected chi connectivity index (χ4v) is 4.88. The number of hydrogen-bond donors (Lipinski definition) is 7. The molecule has 0 aliphatic heterocycles. The highest BCUT2D eigenvalue weighted by Crippen LogP contribution is 2.21. The van der Waals surface area contributed by atoms with Gasteiger partial charge in [-0.05, 0) is 35.6 Å². The number of carboxylic acids is 1. The van der Waals surface area contributed by atoms with Crippen LogP contribution in [0.3, 0.4) is 0 Å². The number of hydrogen-bond acceptors (Lipinski definition) is 5. The molecule has 0 radical (unpaired) electrons. The molecule has 4 rings (SSSR count). The standard InChI is InChI=1S/C30H36N6O5/c1-17(2)11-22(31)28(38)34-16-27(37)35-25(12-18-14-32-23-9-5-3-7-20(18)23)29(39)36-26(30(40)41)13-19-15-33-24-10-6-4-8-21(19)24/h3-10,14-15,17,22,25-26,32-33H,11-13,16,31H2,1-2H3,(H,34,38)(H,35,37)(H,36,39)(H,40,41). The van der Waals surface area contributed by atoms with Gasteiger partial charge in [0, 0.05) is 47.0 Å². The Kier molecular flexibility index (Phi) is 9.41. The Morgan fingerprint density at radius 3 is 1.88 bits per heavy atom. The van der Waals surface area contributed by atoms with Gasteiger partial charge in [-0.2, -0.15) is 0 Å². The molecule has 216 valence electrons. The van der Waals surface area contributed by atoms with Gasteiger partial charge in [0.25, 0.3) is 0 Å². The van der Waals surface area contributed by atoms with Crippen LogP contribution in [0.25, 0.3) is 21.8 Å². The van der Waals surface area contributed by atoms with Crippen molar-refractivity contribution in [3.05, 3.63) is 72.1 Å². The van der Waals surface area contributed by atoms with Crippen molar-refractivity contribution in [2.24, 2.45) is 11.7 Å². The molecule has 2 aromatic heterocycles. The number of amides is 3. The van der Waals surface area contributed by atoms with Crippen molar-refractivity contribution < 1.29 is 24.3 Å². The lowest BCUT2D eigenvalue weighted by atomic mass is 10.0. The van der Waals surface area contributed by atoms with Gasteiger partial charge in [-0.1, -0.05) is 50.2 Å². The molecule has 11 heteroatoms. The molecular weight excluding hydrogens is 524 g/mol. The first kappa shape index (κ1) is 29.3. The Hall–Kier alpha value is -4.64. The molecule has 41 heavy (non-hydrogen) atoms. The number of aliphatic carboxylic acids is 1. The molecule has 4 aromatic rings. The van der Waals surface area contributed by atoms with Gasteiger partial charge in [-0.25, -0.2) is 4.79 Å². The molecule has 0 aliphatic carbocycles. The molecule has 2 aromatic carbocycles. The molecule has 3 amide bonds. The van der Waals surface area contributed by atoms with Crippen molar-refractivity contribution in [2.75, 3.05) is 6.54 Å². The topological polar surface area (TPSA) is 182 Å². The highest BCUT2D eigenvalue weighted by molar-refractivity contribution is 5.94. The SMILES string of the molecule is CC(C)CC(N)C(=O)NCC(=O)NC(Cc1c[nH]c2ccccc12)C(=O)NC(Cc1c[nH]c2ccccc12)C(=O)O. The van der Waals surface area contributed by atoms with Crippen molar-refractivity contribution in [3.8, 4) is 0 Å². The number of aromatic amines is 2. The highest BCUT2D eigenvalue weighted by Gasteiger charge is 2.28.